The molecular formula is C27H30N2O2S. The van der Waals surface area contributed by atoms with E-state index in [1.165, 1.54) is 21.7 Å². The summed E-state index contributed by atoms with van der Waals surface area (Å²) in [7, 11) is 0. The van der Waals surface area contributed by atoms with E-state index in [9.17, 15) is 4.79 Å². The molecule has 1 N–H and O–H groups in total. The van der Waals surface area contributed by atoms with Crippen molar-refractivity contribution in [3.05, 3.63) is 82.9 Å². The minimum atomic E-state index is -0.0938. The molecule has 32 heavy (non-hydrogen) atoms. The van der Waals surface area contributed by atoms with Gasteiger partial charge < -0.3 is 15.0 Å². The van der Waals surface area contributed by atoms with E-state index >= 15 is 0 Å². The van der Waals surface area contributed by atoms with Crippen LogP contribution in [0.2, 0.25) is 0 Å². The number of fused-ring (bicyclic) bond motifs is 1. The van der Waals surface area contributed by atoms with E-state index in [4.69, 9.17) is 4.74 Å². The second kappa shape index (κ2) is 10.1. The van der Waals surface area contributed by atoms with Gasteiger partial charge in [0.15, 0.2) is 0 Å². The molecule has 4 rings (SSSR count). The van der Waals surface area contributed by atoms with Gasteiger partial charge in [0.05, 0.1) is 12.2 Å². The number of hydrogen-bond donors (Lipinski definition) is 1. The first-order chi connectivity index (χ1) is 15.6. The number of aryl methyl sites for hydroxylation is 2. The molecule has 0 bridgehead atoms. The number of carbonyl (C=O) groups is 1. The van der Waals surface area contributed by atoms with Gasteiger partial charge in [-0.15, -0.1) is 11.8 Å². The van der Waals surface area contributed by atoms with Gasteiger partial charge in [-0.2, -0.15) is 0 Å². The van der Waals surface area contributed by atoms with Gasteiger partial charge in [0.1, 0.15) is 12.4 Å². The first-order valence-electron chi connectivity index (χ1n) is 11.2. The third kappa shape index (κ3) is 4.94. The number of carbonyl (C=O) groups excluding carboxylic acids is 1. The second-order valence-electron chi connectivity index (χ2n) is 7.93. The molecule has 0 fully saturated rings. The summed E-state index contributed by atoms with van der Waals surface area (Å²) in [4.78, 5) is 16.3. The summed E-state index contributed by atoms with van der Waals surface area (Å²) in [5.74, 6) is 0.664. The highest BCUT2D eigenvalue weighted by Gasteiger charge is 2.22. The number of thioether (sulfide) groups is 1. The predicted molar refractivity (Wildman–Crippen MR) is 134 cm³/mol. The molecule has 1 aliphatic rings. The number of amides is 1. The van der Waals surface area contributed by atoms with E-state index in [-0.39, 0.29) is 5.91 Å². The number of benzene rings is 3. The van der Waals surface area contributed by atoms with Crippen molar-refractivity contribution >= 4 is 29.0 Å². The Morgan fingerprint density at radius 1 is 0.969 bits per heavy atom. The molecule has 0 spiro atoms. The zero-order chi connectivity index (χ0) is 22.5. The van der Waals surface area contributed by atoms with Crippen LogP contribution in [-0.2, 0) is 19.4 Å². The van der Waals surface area contributed by atoms with Crippen molar-refractivity contribution in [3.63, 3.8) is 0 Å². The minimum absolute atomic E-state index is 0.0938. The Morgan fingerprint density at radius 3 is 2.34 bits per heavy atom. The highest BCUT2D eigenvalue weighted by Crippen LogP contribution is 2.38. The minimum Gasteiger partial charge on any atom is -0.490 e. The van der Waals surface area contributed by atoms with Gasteiger partial charge in [0.25, 0.3) is 5.91 Å². The SMILES string of the molecule is CCc1cc(CC)cc(N2CCOc3cc(C(=O)NCc4ccc(SC)cc4)ccc32)c1. The molecule has 4 nitrogen and oxygen atoms in total. The van der Waals surface area contributed by atoms with Crippen LogP contribution >= 0.6 is 11.8 Å². The van der Waals surface area contributed by atoms with Crippen LogP contribution in [0, 0.1) is 0 Å². The Labute approximate surface area is 195 Å². The molecule has 0 saturated carbocycles. The quantitative estimate of drug-likeness (QED) is 0.452. The van der Waals surface area contributed by atoms with Crippen molar-refractivity contribution in [2.24, 2.45) is 0 Å². The van der Waals surface area contributed by atoms with Crippen molar-refractivity contribution in [2.75, 3.05) is 24.3 Å². The average molecular weight is 447 g/mol. The molecule has 3 aromatic rings. The zero-order valence-electron chi connectivity index (χ0n) is 19.0. The molecule has 0 unspecified atom stereocenters. The highest BCUT2D eigenvalue weighted by atomic mass is 32.2. The number of hydrogen-bond acceptors (Lipinski definition) is 4. The van der Waals surface area contributed by atoms with E-state index < -0.39 is 0 Å². The van der Waals surface area contributed by atoms with E-state index in [0.29, 0.717) is 18.7 Å². The molecule has 0 radical (unpaired) electrons. The molecule has 1 aliphatic heterocycles. The molecule has 1 amide bonds. The second-order valence-corrected chi connectivity index (χ2v) is 8.81. The normalized spacial score (nSPS) is 12.8. The van der Waals surface area contributed by atoms with Gasteiger partial charge in [-0.3, -0.25) is 4.79 Å². The topological polar surface area (TPSA) is 41.6 Å². The van der Waals surface area contributed by atoms with E-state index in [1.807, 2.05) is 18.2 Å². The monoisotopic (exact) mass is 446 g/mol. The van der Waals surface area contributed by atoms with Crippen LogP contribution in [0.15, 0.2) is 65.6 Å². The maximum absolute atomic E-state index is 12.8. The Hall–Kier alpha value is -2.92. The smallest absolute Gasteiger partial charge is 0.251 e. The fraction of sp³-hybridized carbons (Fsp3) is 0.296. The van der Waals surface area contributed by atoms with Crippen LogP contribution in [0.4, 0.5) is 11.4 Å². The third-order valence-corrected chi connectivity index (χ3v) is 6.61. The van der Waals surface area contributed by atoms with Gasteiger partial charge in [0.2, 0.25) is 0 Å². The Balaban J connectivity index is 1.52. The summed E-state index contributed by atoms with van der Waals surface area (Å²) >= 11 is 1.71. The Bertz CT molecular complexity index is 1070. The van der Waals surface area contributed by atoms with Crippen LogP contribution in [0.3, 0.4) is 0 Å². The van der Waals surface area contributed by atoms with Crippen molar-refractivity contribution < 1.29 is 9.53 Å². The van der Waals surface area contributed by atoms with Crippen molar-refractivity contribution in [1.29, 1.82) is 0 Å². The van der Waals surface area contributed by atoms with Crippen LogP contribution in [0.1, 0.15) is 40.9 Å². The highest BCUT2D eigenvalue weighted by molar-refractivity contribution is 7.98. The fourth-order valence-corrected chi connectivity index (χ4v) is 4.37. The van der Waals surface area contributed by atoms with Gasteiger partial charge in [0, 0.05) is 22.7 Å². The summed E-state index contributed by atoms with van der Waals surface area (Å²) in [6.07, 6.45) is 4.08. The molecule has 0 aliphatic carbocycles. The zero-order valence-corrected chi connectivity index (χ0v) is 19.8. The lowest BCUT2D eigenvalue weighted by Gasteiger charge is -2.32. The maximum Gasteiger partial charge on any atom is 0.251 e. The van der Waals surface area contributed by atoms with Crippen molar-refractivity contribution in [2.45, 2.75) is 38.1 Å². The van der Waals surface area contributed by atoms with E-state index in [1.54, 1.807) is 11.8 Å². The molecule has 1 heterocycles. The lowest BCUT2D eigenvalue weighted by Crippen LogP contribution is -2.29. The molecule has 5 heteroatoms. The van der Waals surface area contributed by atoms with Crippen molar-refractivity contribution in [3.8, 4) is 5.75 Å². The summed E-state index contributed by atoms with van der Waals surface area (Å²) in [6, 6.07) is 20.8. The standard InChI is InChI=1S/C27H30N2O2S/c1-4-19-14-20(5-2)16-23(15-19)29-12-13-31-26-17-22(8-11-25(26)29)27(30)28-18-21-6-9-24(32-3)10-7-21/h6-11,14-17H,4-5,12-13,18H2,1-3H3,(H,28,30). The van der Waals surface area contributed by atoms with Crippen molar-refractivity contribution in [1.82, 2.24) is 5.32 Å². The Morgan fingerprint density at radius 2 is 1.69 bits per heavy atom. The number of anilines is 2. The van der Waals surface area contributed by atoms with Crippen LogP contribution < -0.4 is 15.0 Å². The van der Waals surface area contributed by atoms with Gasteiger partial charge in [-0.25, -0.2) is 0 Å². The number of ether oxygens (including phenoxy) is 1. The van der Waals surface area contributed by atoms with E-state index in [0.717, 1.165) is 36.4 Å². The molecular weight excluding hydrogens is 416 g/mol. The summed E-state index contributed by atoms with van der Waals surface area (Å²) in [5, 5.41) is 3.02. The molecule has 0 saturated heterocycles. The summed E-state index contributed by atoms with van der Waals surface area (Å²) < 4.78 is 5.94. The number of rotatable bonds is 7. The van der Waals surface area contributed by atoms with Crippen LogP contribution in [-0.4, -0.2) is 25.3 Å². The number of nitrogens with one attached hydrogen (secondary N) is 1. The Kier molecular flexibility index (Phi) is 7.05. The third-order valence-electron chi connectivity index (χ3n) is 5.86. The first kappa shape index (κ1) is 22.3. The average Bonchev–Trinajstić information content (AvgIpc) is 2.86. The first-order valence-corrected chi connectivity index (χ1v) is 12.4. The fourth-order valence-electron chi connectivity index (χ4n) is 3.96. The van der Waals surface area contributed by atoms with Crippen LogP contribution in [0.5, 0.6) is 5.75 Å². The molecule has 0 atom stereocenters. The largest absolute Gasteiger partial charge is 0.490 e. The maximum atomic E-state index is 12.8. The summed E-state index contributed by atoms with van der Waals surface area (Å²) in [5.41, 5.74) is 6.58. The molecule has 0 aromatic heterocycles. The summed E-state index contributed by atoms with van der Waals surface area (Å²) in [6.45, 7) is 6.27. The molecule has 166 valence electrons. The number of nitrogens with zero attached hydrogens (tertiary/aromatic N) is 1. The van der Waals surface area contributed by atoms with Gasteiger partial charge in [-0.05, 0) is 78.3 Å². The molecule has 3 aromatic carbocycles. The predicted octanol–water partition coefficient (Wildman–Crippen LogP) is 5.99. The lowest BCUT2D eigenvalue weighted by atomic mass is 10.0. The van der Waals surface area contributed by atoms with E-state index in [2.05, 4.69) is 72.8 Å². The van der Waals surface area contributed by atoms with Gasteiger partial charge >= 0.3 is 0 Å². The van der Waals surface area contributed by atoms with Gasteiger partial charge in [-0.1, -0.05) is 32.0 Å². The van der Waals surface area contributed by atoms with Crippen LogP contribution in [0.25, 0.3) is 0 Å². The lowest BCUT2D eigenvalue weighted by molar-refractivity contribution is 0.0950.